The normalized spacial score (nSPS) is 12.5. The lowest BCUT2D eigenvalue weighted by Gasteiger charge is -2.16. The van der Waals surface area contributed by atoms with Crippen molar-refractivity contribution in [1.82, 2.24) is 0 Å². The van der Waals surface area contributed by atoms with Crippen molar-refractivity contribution in [2.24, 2.45) is 0 Å². The van der Waals surface area contributed by atoms with Gasteiger partial charge in [-0.1, -0.05) is 18.5 Å². The average Bonchev–Trinajstić information content (AvgIpc) is 2.84. The van der Waals surface area contributed by atoms with Crippen LogP contribution in [0.1, 0.15) is 35.2 Å². The van der Waals surface area contributed by atoms with Crippen LogP contribution in [0.3, 0.4) is 0 Å². The van der Waals surface area contributed by atoms with Crippen LogP contribution in [0.25, 0.3) is 0 Å². The molecule has 19 heavy (non-hydrogen) atoms. The maximum atomic E-state index is 6.18. The summed E-state index contributed by atoms with van der Waals surface area (Å²) in [5.74, 6) is 0. The topological polar surface area (TPSA) is 12.0 Å². The Morgan fingerprint density at radius 3 is 2.74 bits per heavy atom. The van der Waals surface area contributed by atoms with E-state index in [9.17, 15) is 0 Å². The van der Waals surface area contributed by atoms with Crippen molar-refractivity contribution in [3.63, 3.8) is 0 Å². The Morgan fingerprint density at radius 1 is 1.37 bits per heavy atom. The predicted molar refractivity (Wildman–Crippen MR) is 89.6 cm³/mol. The predicted octanol–water partition coefficient (Wildman–Crippen LogP) is 6.21. The van der Waals surface area contributed by atoms with E-state index in [4.69, 9.17) is 11.6 Å². The average molecular weight is 359 g/mol. The first kappa shape index (κ1) is 14.9. The zero-order valence-electron chi connectivity index (χ0n) is 11.3. The van der Waals surface area contributed by atoms with Crippen molar-refractivity contribution in [2.75, 3.05) is 5.32 Å². The van der Waals surface area contributed by atoms with Gasteiger partial charge in [0.1, 0.15) is 0 Å². The molecule has 0 saturated heterocycles. The molecule has 0 aliphatic carbocycles. The minimum absolute atomic E-state index is 0.278. The number of nitrogens with one attached hydrogen (secondary N) is 1. The van der Waals surface area contributed by atoms with Crippen molar-refractivity contribution >= 4 is 44.6 Å². The summed E-state index contributed by atoms with van der Waals surface area (Å²) in [7, 11) is 0. The van der Waals surface area contributed by atoms with Gasteiger partial charge in [-0.25, -0.2) is 0 Å². The lowest BCUT2D eigenvalue weighted by atomic mass is 10.2. The summed E-state index contributed by atoms with van der Waals surface area (Å²) in [6.45, 7) is 6.36. The minimum atomic E-state index is 0.278. The molecule has 102 valence electrons. The summed E-state index contributed by atoms with van der Waals surface area (Å²) in [5, 5.41) is 4.30. The van der Waals surface area contributed by atoms with E-state index < -0.39 is 0 Å². The van der Waals surface area contributed by atoms with Gasteiger partial charge in [-0.2, -0.15) is 0 Å². The van der Waals surface area contributed by atoms with E-state index in [0.29, 0.717) is 0 Å². The fraction of sp³-hybridized carbons (Fsp3) is 0.333. The van der Waals surface area contributed by atoms with Crippen LogP contribution < -0.4 is 5.32 Å². The summed E-state index contributed by atoms with van der Waals surface area (Å²) < 4.78 is 1.05. The van der Waals surface area contributed by atoms with Gasteiger partial charge in [-0.05, 0) is 66.0 Å². The zero-order chi connectivity index (χ0) is 14.0. The fourth-order valence-electron chi connectivity index (χ4n) is 1.88. The van der Waals surface area contributed by atoms with Crippen LogP contribution in [0.2, 0.25) is 5.02 Å². The Labute approximate surface area is 132 Å². The van der Waals surface area contributed by atoms with E-state index in [1.54, 1.807) is 0 Å². The van der Waals surface area contributed by atoms with Gasteiger partial charge in [0.15, 0.2) is 0 Å². The molecule has 0 amide bonds. The quantitative estimate of drug-likeness (QED) is 0.685. The number of hydrogen-bond donors (Lipinski definition) is 1. The molecule has 1 atom stereocenters. The van der Waals surface area contributed by atoms with Gasteiger partial charge in [-0.3, -0.25) is 0 Å². The summed E-state index contributed by atoms with van der Waals surface area (Å²) >= 11 is 11.6. The minimum Gasteiger partial charge on any atom is -0.377 e. The van der Waals surface area contributed by atoms with Gasteiger partial charge < -0.3 is 5.32 Å². The number of aryl methyl sites for hydroxylation is 2. The van der Waals surface area contributed by atoms with E-state index in [1.807, 2.05) is 30.4 Å². The first-order chi connectivity index (χ1) is 9.01. The molecule has 2 aromatic rings. The molecule has 0 bridgehead atoms. The highest BCUT2D eigenvalue weighted by atomic mass is 79.9. The summed E-state index contributed by atoms with van der Waals surface area (Å²) in [5.41, 5.74) is 2.12. The molecule has 1 heterocycles. The summed E-state index contributed by atoms with van der Waals surface area (Å²) in [6.07, 6.45) is 1.09. The molecule has 1 aromatic heterocycles. The fourth-order valence-corrected chi connectivity index (χ4v) is 3.57. The van der Waals surface area contributed by atoms with Crippen molar-refractivity contribution in [3.05, 3.63) is 49.1 Å². The van der Waals surface area contributed by atoms with Crippen LogP contribution in [-0.2, 0) is 6.42 Å². The Balaban J connectivity index is 2.18. The van der Waals surface area contributed by atoms with Crippen LogP contribution in [0.5, 0.6) is 0 Å². The molecule has 4 heteroatoms. The van der Waals surface area contributed by atoms with E-state index in [2.05, 4.69) is 47.2 Å². The Kier molecular flexibility index (Phi) is 4.93. The van der Waals surface area contributed by atoms with Gasteiger partial charge in [0.05, 0.1) is 11.7 Å². The number of halogens is 2. The van der Waals surface area contributed by atoms with Crippen LogP contribution in [0.4, 0.5) is 5.69 Å². The highest BCUT2D eigenvalue weighted by Gasteiger charge is 2.11. The molecule has 0 aliphatic rings. The molecule has 0 radical (unpaired) electrons. The van der Waals surface area contributed by atoms with Crippen LogP contribution >= 0.6 is 38.9 Å². The number of anilines is 1. The largest absolute Gasteiger partial charge is 0.377 e. The molecular formula is C15H17BrClNS. The van der Waals surface area contributed by atoms with Crippen molar-refractivity contribution in [2.45, 2.75) is 33.2 Å². The number of rotatable bonds is 4. The Bertz CT molecular complexity index is 580. The molecule has 1 nitrogen and oxygen atoms in total. The second-order valence-corrected chi connectivity index (χ2v) is 7.07. The lowest BCUT2D eigenvalue weighted by molar-refractivity contribution is 0.906. The number of hydrogen-bond acceptors (Lipinski definition) is 2. The second-order valence-electron chi connectivity index (χ2n) is 4.60. The van der Waals surface area contributed by atoms with Gasteiger partial charge >= 0.3 is 0 Å². The zero-order valence-corrected chi connectivity index (χ0v) is 14.4. The van der Waals surface area contributed by atoms with Gasteiger partial charge in [-0.15, -0.1) is 11.3 Å². The first-order valence-electron chi connectivity index (χ1n) is 6.32. The van der Waals surface area contributed by atoms with E-state index in [1.165, 1.54) is 9.75 Å². The summed E-state index contributed by atoms with van der Waals surface area (Å²) in [4.78, 5) is 2.77. The molecule has 0 spiro atoms. The molecule has 0 saturated carbocycles. The van der Waals surface area contributed by atoms with Crippen molar-refractivity contribution in [1.29, 1.82) is 0 Å². The standard InChI is InChI=1S/C15H17BrClNS/c1-4-11-5-6-15(19-11)10(3)18-14-8-13(17)9(2)7-12(14)16/h5-8,10,18H,4H2,1-3H3. The maximum Gasteiger partial charge on any atom is 0.0578 e. The third kappa shape index (κ3) is 3.53. The maximum absolute atomic E-state index is 6.18. The molecule has 1 unspecified atom stereocenters. The van der Waals surface area contributed by atoms with Crippen molar-refractivity contribution in [3.8, 4) is 0 Å². The Hall–Kier alpha value is -0.510. The Morgan fingerprint density at radius 2 is 2.11 bits per heavy atom. The van der Waals surface area contributed by atoms with E-state index in [0.717, 1.165) is 27.2 Å². The molecule has 0 fully saturated rings. The third-order valence-electron chi connectivity index (χ3n) is 3.08. The highest BCUT2D eigenvalue weighted by Crippen LogP contribution is 2.33. The number of benzene rings is 1. The van der Waals surface area contributed by atoms with Gasteiger partial charge in [0.2, 0.25) is 0 Å². The third-order valence-corrected chi connectivity index (χ3v) is 5.55. The molecule has 1 aromatic carbocycles. The highest BCUT2D eigenvalue weighted by molar-refractivity contribution is 9.10. The monoisotopic (exact) mass is 357 g/mol. The molecule has 2 rings (SSSR count). The van der Waals surface area contributed by atoms with E-state index >= 15 is 0 Å². The van der Waals surface area contributed by atoms with E-state index in [-0.39, 0.29) is 6.04 Å². The molecule has 1 N–H and O–H groups in total. The SMILES string of the molecule is CCc1ccc(C(C)Nc2cc(Cl)c(C)cc2Br)s1. The van der Waals surface area contributed by atoms with Crippen LogP contribution in [0, 0.1) is 6.92 Å². The first-order valence-corrected chi connectivity index (χ1v) is 8.30. The smallest absolute Gasteiger partial charge is 0.0578 e. The second kappa shape index (κ2) is 6.29. The lowest BCUT2D eigenvalue weighted by Crippen LogP contribution is -2.05. The van der Waals surface area contributed by atoms with Crippen LogP contribution in [0.15, 0.2) is 28.7 Å². The molecular weight excluding hydrogens is 342 g/mol. The number of thiophene rings is 1. The van der Waals surface area contributed by atoms with Gasteiger partial charge in [0, 0.05) is 19.2 Å². The van der Waals surface area contributed by atoms with Crippen LogP contribution in [-0.4, -0.2) is 0 Å². The van der Waals surface area contributed by atoms with Gasteiger partial charge in [0.25, 0.3) is 0 Å². The molecule has 0 aliphatic heterocycles. The van der Waals surface area contributed by atoms with Crippen molar-refractivity contribution < 1.29 is 0 Å². The summed E-state index contributed by atoms with van der Waals surface area (Å²) in [6, 6.07) is 8.70.